The SMILES string of the molecule is CNC(=O)c1[nH]cc(CN2CC[C@H](O)C2)c1N. The highest BCUT2D eigenvalue weighted by Crippen LogP contribution is 2.21. The Labute approximate surface area is 99.8 Å². The van der Waals surface area contributed by atoms with E-state index in [-0.39, 0.29) is 12.0 Å². The molecule has 6 nitrogen and oxygen atoms in total. The summed E-state index contributed by atoms with van der Waals surface area (Å²) in [6, 6.07) is 0. The van der Waals surface area contributed by atoms with Gasteiger partial charge in [-0.1, -0.05) is 0 Å². The number of H-pyrrole nitrogens is 1. The zero-order valence-electron chi connectivity index (χ0n) is 9.86. The normalized spacial score (nSPS) is 20.7. The second-order valence-electron chi connectivity index (χ2n) is 4.36. The van der Waals surface area contributed by atoms with Gasteiger partial charge in [0.15, 0.2) is 0 Å². The largest absolute Gasteiger partial charge is 0.397 e. The van der Waals surface area contributed by atoms with E-state index in [4.69, 9.17) is 5.73 Å². The van der Waals surface area contributed by atoms with Crippen molar-refractivity contribution >= 4 is 11.6 Å². The summed E-state index contributed by atoms with van der Waals surface area (Å²) in [5.74, 6) is -0.213. The van der Waals surface area contributed by atoms with Crippen molar-refractivity contribution in [2.45, 2.75) is 19.1 Å². The Morgan fingerprint density at radius 2 is 2.53 bits per heavy atom. The van der Waals surface area contributed by atoms with Gasteiger partial charge in [0.05, 0.1) is 11.8 Å². The molecule has 0 bridgehead atoms. The summed E-state index contributed by atoms with van der Waals surface area (Å²) in [6.45, 7) is 2.19. The van der Waals surface area contributed by atoms with Crippen LogP contribution in [-0.2, 0) is 6.54 Å². The van der Waals surface area contributed by atoms with E-state index < -0.39 is 0 Å². The fourth-order valence-corrected chi connectivity index (χ4v) is 2.12. The lowest BCUT2D eigenvalue weighted by Crippen LogP contribution is -2.22. The molecule has 1 aliphatic heterocycles. The molecule has 1 amide bonds. The third-order valence-electron chi connectivity index (χ3n) is 3.10. The number of hydrogen-bond donors (Lipinski definition) is 4. The highest BCUT2D eigenvalue weighted by molar-refractivity contribution is 5.97. The molecule has 1 aromatic rings. The van der Waals surface area contributed by atoms with Gasteiger partial charge < -0.3 is 21.1 Å². The quantitative estimate of drug-likeness (QED) is 0.572. The van der Waals surface area contributed by atoms with Gasteiger partial charge in [-0.3, -0.25) is 9.69 Å². The molecular weight excluding hydrogens is 220 g/mol. The smallest absolute Gasteiger partial charge is 0.269 e. The zero-order valence-corrected chi connectivity index (χ0v) is 9.86. The molecule has 0 unspecified atom stereocenters. The molecule has 1 atom stereocenters. The average molecular weight is 238 g/mol. The van der Waals surface area contributed by atoms with E-state index in [9.17, 15) is 9.90 Å². The van der Waals surface area contributed by atoms with E-state index in [0.29, 0.717) is 24.5 Å². The molecule has 2 rings (SSSR count). The first-order chi connectivity index (χ1) is 8.11. The Morgan fingerprint density at radius 1 is 1.76 bits per heavy atom. The van der Waals surface area contributed by atoms with Crippen molar-refractivity contribution in [2.75, 3.05) is 25.9 Å². The number of hydrogen-bond acceptors (Lipinski definition) is 4. The molecule has 94 valence electrons. The lowest BCUT2D eigenvalue weighted by Gasteiger charge is -2.14. The number of aliphatic hydroxyl groups excluding tert-OH is 1. The lowest BCUT2D eigenvalue weighted by atomic mass is 10.2. The minimum absolute atomic E-state index is 0.213. The van der Waals surface area contributed by atoms with Crippen molar-refractivity contribution < 1.29 is 9.90 Å². The standard InChI is InChI=1S/C11H18N4O2/c1-13-11(17)10-9(12)7(4-14-10)5-15-3-2-8(16)6-15/h4,8,14,16H,2-3,5-6,12H2,1H3,(H,13,17)/t8-/m0/s1. The van der Waals surface area contributed by atoms with E-state index in [1.807, 2.05) is 0 Å². The minimum Gasteiger partial charge on any atom is -0.397 e. The first kappa shape index (κ1) is 11.9. The molecule has 0 aliphatic carbocycles. The monoisotopic (exact) mass is 238 g/mol. The molecule has 1 fully saturated rings. The van der Waals surface area contributed by atoms with Crippen LogP contribution in [0.3, 0.4) is 0 Å². The molecule has 17 heavy (non-hydrogen) atoms. The number of nitrogen functional groups attached to an aromatic ring is 1. The maximum absolute atomic E-state index is 11.5. The van der Waals surface area contributed by atoms with Crippen LogP contribution >= 0.6 is 0 Å². The minimum atomic E-state index is -0.242. The van der Waals surface area contributed by atoms with Gasteiger partial charge in [0, 0.05) is 38.4 Å². The van der Waals surface area contributed by atoms with Crippen LogP contribution in [0.1, 0.15) is 22.5 Å². The maximum atomic E-state index is 11.5. The third-order valence-corrected chi connectivity index (χ3v) is 3.10. The Bertz CT molecular complexity index is 416. The predicted octanol–water partition coefficient (Wildman–Crippen LogP) is -0.477. The van der Waals surface area contributed by atoms with Gasteiger partial charge in [0.1, 0.15) is 5.69 Å². The molecular formula is C11H18N4O2. The van der Waals surface area contributed by atoms with Crippen molar-refractivity contribution in [2.24, 2.45) is 0 Å². The van der Waals surface area contributed by atoms with Crippen LogP contribution in [0.2, 0.25) is 0 Å². The van der Waals surface area contributed by atoms with E-state index in [1.54, 1.807) is 13.2 Å². The van der Waals surface area contributed by atoms with Gasteiger partial charge in [-0.15, -0.1) is 0 Å². The predicted molar refractivity (Wildman–Crippen MR) is 64.5 cm³/mol. The summed E-state index contributed by atoms with van der Waals surface area (Å²) in [4.78, 5) is 16.5. The van der Waals surface area contributed by atoms with Gasteiger partial charge in [0.2, 0.25) is 0 Å². The Kier molecular flexibility index (Phi) is 3.35. The molecule has 1 aromatic heterocycles. The number of nitrogens with zero attached hydrogens (tertiary/aromatic N) is 1. The Balaban J connectivity index is 2.07. The van der Waals surface area contributed by atoms with Crippen LogP contribution in [0, 0.1) is 0 Å². The number of β-amino-alcohol motifs (C(OH)–C–C–N with tert-alkyl or cyclic N) is 1. The van der Waals surface area contributed by atoms with Crippen molar-refractivity contribution in [1.29, 1.82) is 0 Å². The fourth-order valence-electron chi connectivity index (χ4n) is 2.12. The number of amides is 1. The maximum Gasteiger partial charge on any atom is 0.269 e. The summed E-state index contributed by atoms with van der Waals surface area (Å²) < 4.78 is 0. The number of aromatic amines is 1. The summed E-state index contributed by atoms with van der Waals surface area (Å²) in [7, 11) is 1.57. The molecule has 1 aliphatic rings. The van der Waals surface area contributed by atoms with E-state index >= 15 is 0 Å². The number of rotatable bonds is 3. The van der Waals surface area contributed by atoms with Gasteiger partial charge in [0.25, 0.3) is 5.91 Å². The van der Waals surface area contributed by atoms with Crippen molar-refractivity contribution in [3.63, 3.8) is 0 Å². The number of carbonyl (C=O) groups is 1. The van der Waals surface area contributed by atoms with Gasteiger partial charge in [-0.05, 0) is 6.42 Å². The summed E-state index contributed by atoms with van der Waals surface area (Å²) >= 11 is 0. The molecule has 2 heterocycles. The number of nitrogens with two attached hydrogens (primary N) is 1. The van der Waals surface area contributed by atoms with Gasteiger partial charge in [-0.25, -0.2) is 0 Å². The number of likely N-dealkylation sites (tertiary alicyclic amines) is 1. The van der Waals surface area contributed by atoms with Crippen LogP contribution in [-0.4, -0.2) is 47.1 Å². The van der Waals surface area contributed by atoms with Crippen molar-refractivity contribution in [3.05, 3.63) is 17.5 Å². The Hall–Kier alpha value is -1.53. The molecule has 0 saturated carbocycles. The molecule has 6 heteroatoms. The van der Waals surface area contributed by atoms with E-state index in [2.05, 4.69) is 15.2 Å². The number of aliphatic hydroxyl groups is 1. The number of aromatic nitrogens is 1. The molecule has 5 N–H and O–H groups in total. The van der Waals surface area contributed by atoms with Gasteiger partial charge in [-0.2, -0.15) is 0 Å². The van der Waals surface area contributed by atoms with Gasteiger partial charge >= 0.3 is 0 Å². The van der Waals surface area contributed by atoms with Crippen molar-refractivity contribution in [3.8, 4) is 0 Å². The zero-order chi connectivity index (χ0) is 12.4. The molecule has 0 radical (unpaired) electrons. The van der Waals surface area contributed by atoms with Crippen molar-refractivity contribution in [1.82, 2.24) is 15.2 Å². The lowest BCUT2D eigenvalue weighted by molar-refractivity contribution is 0.0959. The van der Waals surface area contributed by atoms with Crippen LogP contribution in [0.15, 0.2) is 6.20 Å². The number of anilines is 1. The molecule has 0 spiro atoms. The van der Waals surface area contributed by atoms with Crippen LogP contribution in [0.25, 0.3) is 0 Å². The third kappa shape index (κ3) is 2.42. The molecule has 0 aromatic carbocycles. The van der Waals surface area contributed by atoms with Crippen LogP contribution in [0.4, 0.5) is 5.69 Å². The highest BCUT2D eigenvalue weighted by atomic mass is 16.3. The molecule has 1 saturated heterocycles. The number of carbonyl (C=O) groups excluding carboxylic acids is 1. The highest BCUT2D eigenvalue weighted by Gasteiger charge is 2.22. The summed E-state index contributed by atoms with van der Waals surface area (Å²) in [5, 5.41) is 12.0. The topological polar surface area (TPSA) is 94.4 Å². The summed E-state index contributed by atoms with van der Waals surface area (Å²) in [5.41, 5.74) is 7.71. The average Bonchev–Trinajstić information content (AvgIpc) is 2.87. The second-order valence-corrected chi connectivity index (χ2v) is 4.36. The Morgan fingerprint density at radius 3 is 3.12 bits per heavy atom. The summed E-state index contributed by atoms with van der Waals surface area (Å²) in [6.07, 6.45) is 2.31. The van der Waals surface area contributed by atoms with Crippen LogP contribution in [0.5, 0.6) is 0 Å². The van der Waals surface area contributed by atoms with E-state index in [0.717, 1.165) is 18.5 Å². The van der Waals surface area contributed by atoms with E-state index in [1.165, 1.54) is 0 Å². The first-order valence-electron chi connectivity index (χ1n) is 5.70. The first-order valence-corrected chi connectivity index (χ1v) is 5.70. The fraction of sp³-hybridized carbons (Fsp3) is 0.545. The number of nitrogens with one attached hydrogen (secondary N) is 2. The second kappa shape index (κ2) is 4.77. The van der Waals surface area contributed by atoms with Crippen LogP contribution < -0.4 is 11.1 Å².